The van der Waals surface area contributed by atoms with Crippen LogP contribution in [0.1, 0.15) is 63.6 Å². The first-order valence-electron chi connectivity index (χ1n) is 6.62. The zero-order valence-electron chi connectivity index (χ0n) is 10.8. The molecule has 1 aliphatic rings. The molecule has 1 saturated carbocycles. The van der Waals surface area contributed by atoms with Crippen LogP contribution in [-0.2, 0) is 0 Å². The van der Waals surface area contributed by atoms with Crippen LogP contribution in [0.15, 0.2) is 16.9 Å². The van der Waals surface area contributed by atoms with Crippen molar-refractivity contribution in [2.24, 2.45) is 0 Å². The van der Waals surface area contributed by atoms with Crippen LogP contribution >= 0.6 is 0 Å². The molecule has 1 fully saturated rings. The van der Waals surface area contributed by atoms with Gasteiger partial charge in [0.15, 0.2) is 0 Å². The first kappa shape index (κ1) is 12.2. The zero-order valence-corrected chi connectivity index (χ0v) is 10.8. The van der Waals surface area contributed by atoms with E-state index in [0.29, 0.717) is 17.6 Å². The van der Waals surface area contributed by atoms with Crippen molar-refractivity contribution in [2.75, 3.05) is 5.73 Å². The number of nitrogens with two attached hydrogens (primary N) is 1. The fourth-order valence-electron chi connectivity index (χ4n) is 2.77. The molecule has 1 aromatic heterocycles. The molecule has 0 saturated heterocycles. The molecule has 17 heavy (non-hydrogen) atoms. The van der Waals surface area contributed by atoms with Gasteiger partial charge in [-0.3, -0.25) is 4.79 Å². The quantitative estimate of drug-likeness (QED) is 0.855. The van der Waals surface area contributed by atoms with E-state index in [9.17, 15) is 4.79 Å². The van der Waals surface area contributed by atoms with E-state index in [2.05, 4.69) is 13.8 Å². The number of anilines is 1. The van der Waals surface area contributed by atoms with Crippen LogP contribution in [-0.4, -0.2) is 4.57 Å². The van der Waals surface area contributed by atoms with Crippen LogP contribution in [0.2, 0.25) is 0 Å². The van der Waals surface area contributed by atoms with Crippen molar-refractivity contribution >= 4 is 5.69 Å². The number of nitrogen functional groups attached to an aromatic ring is 1. The number of rotatable bonds is 2. The summed E-state index contributed by atoms with van der Waals surface area (Å²) in [7, 11) is 0. The minimum absolute atomic E-state index is 0.00287. The third-order valence-corrected chi connectivity index (χ3v) is 3.71. The highest BCUT2D eigenvalue weighted by Gasteiger charge is 2.20. The van der Waals surface area contributed by atoms with Crippen molar-refractivity contribution in [1.29, 1.82) is 0 Å². The Labute approximate surface area is 103 Å². The van der Waals surface area contributed by atoms with Gasteiger partial charge >= 0.3 is 0 Å². The van der Waals surface area contributed by atoms with Gasteiger partial charge in [-0.25, -0.2) is 0 Å². The maximum atomic E-state index is 12.2. The highest BCUT2D eigenvalue weighted by atomic mass is 16.1. The average Bonchev–Trinajstić information content (AvgIpc) is 2.33. The number of hydrogen-bond acceptors (Lipinski definition) is 2. The first-order chi connectivity index (χ1) is 8.11. The van der Waals surface area contributed by atoms with Crippen molar-refractivity contribution < 1.29 is 0 Å². The summed E-state index contributed by atoms with van der Waals surface area (Å²) in [5.41, 5.74) is 7.26. The topological polar surface area (TPSA) is 48.0 Å². The molecule has 0 radical (unpaired) electrons. The minimum Gasteiger partial charge on any atom is -0.394 e. The van der Waals surface area contributed by atoms with Gasteiger partial charge in [-0.1, -0.05) is 33.1 Å². The number of nitrogens with zero attached hydrogens (tertiary/aromatic N) is 1. The monoisotopic (exact) mass is 234 g/mol. The molecular weight excluding hydrogens is 212 g/mol. The van der Waals surface area contributed by atoms with Crippen molar-refractivity contribution in [2.45, 2.75) is 57.9 Å². The fraction of sp³-hybridized carbons (Fsp3) is 0.643. The maximum Gasteiger partial charge on any atom is 0.274 e. The summed E-state index contributed by atoms with van der Waals surface area (Å²) in [4.78, 5) is 12.2. The average molecular weight is 234 g/mol. The molecular formula is C14H22N2O. The van der Waals surface area contributed by atoms with Gasteiger partial charge in [-0.2, -0.15) is 0 Å². The Bertz CT molecular complexity index is 442. The van der Waals surface area contributed by atoms with Crippen molar-refractivity contribution in [3.8, 4) is 0 Å². The molecule has 3 heteroatoms. The smallest absolute Gasteiger partial charge is 0.274 e. The second-order valence-electron chi connectivity index (χ2n) is 5.34. The van der Waals surface area contributed by atoms with Gasteiger partial charge in [0.25, 0.3) is 5.56 Å². The fourth-order valence-corrected chi connectivity index (χ4v) is 2.77. The lowest BCUT2D eigenvalue weighted by molar-refractivity contribution is 0.336. The molecule has 0 spiro atoms. The normalized spacial score (nSPS) is 17.6. The lowest BCUT2D eigenvalue weighted by atomic mass is 9.94. The molecule has 0 atom stereocenters. The van der Waals surface area contributed by atoms with Gasteiger partial charge in [-0.15, -0.1) is 0 Å². The van der Waals surface area contributed by atoms with Gasteiger partial charge in [0.1, 0.15) is 0 Å². The van der Waals surface area contributed by atoms with Gasteiger partial charge in [-0.05, 0) is 30.9 Å². The van der Waals surface area contributed by atoms with E-state index in [1.807, 2.05) is 10.6 Å². The maximum absolute atomic E-state index is 12.2. The van der Waals surface area contributed by atoms with Crippen LogP contribution in [0.3, 0.4) is 0 Å². The van der Waals surface area contributed by atoms with Crippen LogP contribution in [0.5, 0.6) is 0 Å². The summed E-state index contributed by atoms with van der Waals surface area (Å²) in [5.74, 6) is 0.366. The van der Waals surface area contributed by atoms with E-state index in [0.717, 1.165) is 18.5 Å². The standard InChI is InChI=1S/C14H22N2O/c1-10(2)13-9-8-12(15)14(17)16(13)11-6-4-3-5-7-11/h8-11H,3-7,15H2,1-2H3. The van der Waals surface area contributed by atoms with Crippen molar-refractivity contribution in [1.82, 2.24) is 4.57 Å². The van der Waals surface area contributed by atoms with Crippen LogP contribution in [0.25, 0.3) is 0 Å². The summed E-state index contributed by atoms with van der Waals surface area (Å²) in [6, 6.07) is 4.12. The minimum atomic E-state index is 0.00287. The molecule has 0 aliphatic heterocycles. The molecule has 94 valence electrons. The lowest BCUT2D eigenvalue weighted by Crippen LogP contribution is -2.31. The molecule has 0 amide bonds. The SMILES string of the molecule is CC(C)c1ccc(N)c(=O)n1C1CCCCC1. The van der Waals surface area contributed by atoms with E-state index in [1.54, 1.807) is 6.07 Å². The number of pyridine rings is 1. The lowest BCUT2D eigenvalue weighted by Gasteiger charge is -2.28. The molecule has 0 aromatic carbocycles. The van der Waals surface area contributed by atoms with E-state index < -0.39 is 0 Å². The summed E-state index contributed by atoms with van der Waals surface area (Å²) < 4.78 is 1.96. The van der Waals surface area contributed by atoms with Crippen LogP contribution in [0.4, 0.5) is 5.69 Å². The van der Waals surface area contributed by atoms with Gasteiger partial charge in [0.05, 0.1) is 5.69 Å². The highest BCUT2D eigenvalue weighted by Crippen LogP contribution is 2.30. The zero-order chi connectivity index (χ0) is 12.4. The summed E-state index contributed by atoms with van der Waals surface area (Å²) in [6.07, 6.45) is 5.98. The first-order valence-corrected chi connectivity index (χ1v) is 6.62. The van der Waals surface area contributed by atoms with E-state index in [4.69, 9.17) is 5.73 Å². The Hall–Kier alpha value is -1.25. The molecule has 0 unspecified atom stereocenters. The van der Waals surface area contributed by atoms with Gasteiger partial charge in [0, 0.05) is 11.7 Å². The Morgan fingerprint density at radius 1 is 1.24 bits per heavy atom. The molecule has 2 N–H and O–H groups in total. The molecule has 2 rings (SSSR count). The molecule has 3 nitrogen and oxygen atoms in total. The highest BCUT2D eigenvalue weighted by molar-refractivity contribution is 5.36. The molecule has 1 heterocycles. The molecule has 1 aliphatic carbocycles. The Kier molecular flexibility index (Phi) is 3.55. The Morgan fingerprint density at radius 3 is 2.47 bits per heavy atom. The van der Waals surface area contributed by atoms with E-state index in [1.165, 1.54) is 19.3 Å². The third-order valence-electron chi connectivity index (χ3n) is 3.71. The summed E-state index contributed by atoms with van der Waals surface area (Å²) in [5, 5.41) is 0. The largest absolute Gasteiger partial charge is 0.394 e. The summed E-state index contributed by atoms with van der Waals surface area (Å²) in [6.45, 7) is 4.26. The van der Waals surface area contributed by atoms with Gasteiger partial charge < -0.3 is 10.3 Å². The Morgan fingerprint density at radius 2 is 1.88 bits per heavy atom. The predicted octanol–water partition coefficient (Wildman–Crippen LogP) is 3.06. The van der Waals surface area contributed by atoms with Crippen LogP contribution < -0.4 is 11.3 Å². The van der Waals surface area contributed by atoms with Crippen molar-refractivity contribution in [3.05, 3.63) is 28.2 Å². The van der Waals surface area contributed by atoms with E-state index >= 15 is 0 Å². The second-order valence-corrected chi connectivity index (χ2v) is 5.34. The molecule has 0 bridgehead atoms. The second kappa shape index (κ2) is 4.94. The van der Waals surface area contributed by atoms with E-state index in [-0.39, 0.29) is 5.56 Å². The molecule has 1 aromatic rings. The van der Waals surface area contributed by atoms with Gasteiger partial charge in [0.2, 0.25) is 0 Å². The number of aromatic nitrogens is 1. The number of hydrogen-bond donors (Lipinski definition) is 1. The summed E-state index contributed by atoms with van der Waals surface area (Å²) >= 11 is 0. The van der Waals surface area contributed by atoms with Crippen LogP contribution in [0, 0.1) is 0 Å². The van der Waals surface area contributed by atoms with Crippen molar-refractivity contribution in [3.63, 3.8) is 0 Å². The third kappa shape index (κ3) is 2.38. The predicted molar refractivity (Wildman–Crippen MR) is 71.3 cm³/mol. The Balaban J connectivity index is 2.48.